The first kappa shape index (κ1) is 20.5. The van der Waals surface area contributed by atoms with Crippen molar-refractivity contribution in [2.75, 3.05) is 18.8 Å². The molecule has 0 spiro atoms. The summed E-state index contributed by atoms with van der Waals surface area (Å²) in [5.74, 6) is 0.882. The largest absolute Gasteiger partial charge is 0.340 e. The molecule has 1 aromatic carbocycles. The Bertz CT molecular complexity index is 846. The number of carbonyl (C=O) groups excluding carboxylic acids is 1. The lowest BCUT2D eigenvalue weighted by Crippen LogP contribution is -2.34. The number of hydrogen-bond donors (Lipinski definition) is 0. The summed E-state index contributed by atoms with van der Waals surface area (Å²) in [6, 6.07) is 12.1. The monoisotopic (exact) mass is 382 g/mol. The highest BCUT2D eigenvalue weighted by Crippen LogP contribution is 2.26. The van der Waals surface area contributed by atoms with E-state index in [1.165, 1.54) is 11.8 Å². The zero-order valence-corrected chi connectivity index (χ0v) is 16.4. The van der Waals surface area contributed by atoms with Crippen LogP contribution in [0.5, 0.6) is 0 Å². The van der Waals surface area contributed by atoms with E-state index in [0.717, 1.165) is 17.0 Å². The fourth-order valence-electron chi connectivity index (χ4n) is 2.65. The third kappa shape index (κ3) is 5.32. The molecule has 1 amide bonds. The van der Waals surface area contributed by atoms with Gasteiger partial charge in [0.1, 0.15) is 0 Å². The summed E-state index contributed by atoms with van der Waals surface area (Å²) in [4.78, 5) is 14.1. The smallest absolute Gasteiger partial charge is 0.233 e. The molecule has 1 heterocycles. The molecule has 0 saturated heterocycles. The van der Waals surface area contributed by atoms with Crippen LogP contribution in [-0.2, 0) is 11.3 Å². The van der Waals surface area contributed by atoms with Crippen LogP contribution in [0.15, 0.2) is 29.4 Å². The van der Waals surface area contributed by atoms with E-state index in [0.29, 0.717) is 24.8 Å². The molecule has 0 unspecified atom stereocenters. The van der Waals surface area contributed by atoms with Crippen molar-refractivity contribution in [1.82, 2.24) is 19.7 Å². The van der Waals surface area contributed by atoms with Crippen molar-refractivity contribution in [2.24, 2.45) is 0 Å². The molecule has 140 valence electrons. The number of aryl methyl sites for hydroxylation is 1. The van der Waals surface area contributed by atoms with Crippen molar-refractivity contribution in [2.45, 2.75) is 38.4 Å². The van der Waals surface area contributed by atoms with Gasteiger partial charge in [-0.25, -0.2) is 0 Å². The van der Waals surface area contributed by atoms with Crippen molar-refractivity contribution >= 4 is 17.7 Å². The minimum Gasteiger partial charge on any atom is -0.340 e. The van der Waals surface area contributed by atoms with Gasteiger partial charge in [-0.3, -0.25) is 4.79 Å². The predicted octanol–water partition coefficient (Wildman–Crippen LogP) is 3.02. The first-order valence-electron chi connectivity index (χ1n) is 8.76. The predicted molar refractivity (Wildman–Crippen MR) is 104 cm³/mol. The molecule has 7 nitrogen and oxygen atoms in total. The zero-order chi connectivity index (χ0) is 19.6. The van der Waals surface area contributed by atoms with E-state index < -0.39 is 0 Å². The van der Waals surface area contributed by atoms with Gasteiger partial charge in [-0.1, -0.05) is 36.0 Å². The lowest BCUT2D eigenvalue weighted by atomic mass is 10.1. The van der Waals surface area contributed by atoms with Gasteiger partial charge >= 0.3 is 0 Å². The standard InChI is InChI=1S/C19H22N6OS/c1-3-25-18(16-9-5-4-8-15(16)2)22-23-19(25)27-14-17(26)24(12-6-10-20)13-7-11-21/h4-5,8-9H,3,6-7,12-14H2,1-2H3. The molecule has 0 aliphatic heterocycles. The molecule has 27 heavy (non-hydrogen) atoms. The second kappa shape index (κ2) is 10.3. The van der Waals surface area contributed by atoms with Crippen LogP contribution in [0.2, 0.25) is 0 Å². The lowest BCUT2D eigenvalue weighted by Gasteiger charge is -2.20. The number of amides is 1. The number of benzene rings is 1. The number of carbonyl (C=O) groups is 1. The number of rotatable bonds is 9. The fourth-order valence-corrected chi connectivity index (χ4v) is 3.56. The average molecular weight is 382 g/mol. The number of hydrogen-bond acceptors (Lipinski definition) is 6. The average Bonchev–Trinajstić information content (AvgIpc) is 3.09. The van der Waals surface area contributed by atoms with Gasteiger partial charge in [0, 0.05) is 25.2 Å². The summed E-state index contributed by atoms with van der Waals surface area (Å²) in [6.07, 6.45) is 0.509. The molecular formula is C19H22N6OS. The van der Waals surface area contributed by atoms with Crippen molar-refractivity contribution in [3.63, 3.8) is 0 Å². The fraction of sp³-hybridized carbons (Fsp3) is 0.421. The molecule has 2 aromatic rings. The van der Waals surface area contributed by atoms with Crippen LogP contribution in [0.3, 0.4) is 0 Å². The maximum Gasteiger partial charge on any atom is 0.233 e. The number of nitriles is 2. The molecule has 0 aliphatic rings. The van der Waals surface area contributed by atoms with E-state index in [2.05, 4.69) is 10.2 Å². The normalized spacial score (nSPS) is 10.2. The van der Waals surface area contributed by atoms with Gasteiger partial charge in [0.25, 0.3) is 0 Å². The maximum absolute atomic E-state index is 12.5. The molecular weight excluding hydrogens is 360 g/mol. The van der Waals surface area contributed by atoms with E-state index in [1.54, 1.807) is 4.90 Å². The first-order chi connectivity index (χ1) is 13.1. The van der Waals surface area contributed by atoms with Gasteiger partial charge in [-0.05, 0) is 19.4 Å². The Morgan fingerprint density at radius 3 is 2.44 bits per heavy atom. The van der Waals surface area contributed by atoms with Crippen LogP contribution < -0.4 is 0 Å². The van der Waals surface area contributed by atoms with Gasteiger partial charge in [0.15, 0.2) is 11.0 Å². The molecule has 0 atom stereocenters. The third-order valence-electron chi connectivity index (χ3n) is 4.08. The van der Waals surface area contributed by atoms with Crippen LogP contribution >= 0.6 is 11.8 Å². The second-order valence-corrected chi connectivity index (χ2v) is 6.79. The van der Waals surface area contributed by atoms with Crippen molar-refractivity contribution in [3.05, 3.63) is 29.8 Å². The van der Waals surface area contributed by atoms with E-state index in [-0.39, 0.29) is 24.5 Å². The molecule has 2 rings (SSSR count). The Hall–Kier alpha value is -2.84. The molecule has 0 N–H and O–H groups in total. The van der Waals surface area contributed by atoms with Crippen LogP contribution in [0.4, 0.5) is 0 Å². The summed E-state index contributed by atoms with van der Waals surface area (Å²) in [5.41, 5.74) is 2.14. The van der Waals surface area contributed by atoms with E-state index >= 15 is 0 Å². The molecule has 8 heteroatoms. The van der Waals surface area contributed by atoms with Gasteiger partial charge in [-0.15, -0.1) is 10.2 Å². The van der Waals surface area contributed by atoms with Crippen molar-refractivity contribution in [1.29, 1.82) is 10.5 Å². The van der Waals surface area contributed by atoms with Crippen molar-refractivity contribution in [3.8, 4) is 23.5 Å². The quantitative estimate of drug-likeness (QED) is 0.618. The van der Waals surface area contributed by atoms with Crippen molar-refractivity contribution < 1.29 is 4.79 Å². The van der Waals surface area contributed by atoms with E-state index in [4.69, 9.17) is 10.5 Å². The molecule has 1 aromatic heterocycles. The lowest BCUT2D eigenvalue weighted by molar-refractivity contribution is -0.128. The Morgan fingerprint density at radius 1 is 1.19 bits per heavy atom. The number of nitrogens with zero attached hydrogens (tertiary/aromatic N) is 6. The maximum atomic E-state index is 12.5. The van der Waals surface area contributed by atoms with Crippen LogP contribution in [0.1, 0.15) is 25.3 Å². The topological polar surface area (TPSA) is 98.6 Å². The van der Waals surface area contributed by atoms with Gasteiger partial charge in [0.2, 0.25) is 5.91 Å². The van der Waals surface area contributed by atoms with Crippen LogP contribution in [0, 0.1) is 29.6 Å². The number of aromatic nitrogens is 3. The van der Waals surface area contributed by atoms with Crippen LogP contribution in [0.25, 0.3) is 11.4 Å². The molecule has 0 saturated carbocycles. The summed E-state index contributed by atoms with van der Waals surface area (Å²) < 4.78 is 2.00. The SMILES string of the molecule is CCn1c(SCC(=O)N(CCC#N)CCC#N)nnc1-c1ccccc1C. The Labute approximate surface area is 163 Å². The summed E-state index contributed by atoms with van der Waals surface area (Å²) in [6.45, 7) is 5.42. The Morgan fingerprint density at radius 2 is 1.85 bits per heavy atom. The minimum atomic E-state index is -0.103. The van der Waals surface area contributed by atoms with E-state index in [9.17, 15) is 4.79 Å². The molecule has 0 bridgehead atoms. The summed E-state index contributed by atoms with van der Waals surface area (Å²) in [7, 11) is 0. The third-order valence-corrected chi connectivity index (χ3v) is 5.04. The van der Waals surface area contributed by atoms with Crippen LogP contribution in [-0.4, -0.2) is 44.4 Å². The molecule has 0 radical (unpaired) electrons. The molecule has 0 fully saturated rings. The number of thioether (sulfide) groups is 1. The highest BCUT2D eigenvalue weighted by Gasteiger charge is 2.18. The van der Waals surface area contributed by atoms with Gasteiger partial charge in [0.05, 0.1) is 30.7 Å². The summed E-state index contributed by atoms with van der Waals surface area (Å²) >= 11 is 1.33. The van der Waals surface area contributed by atoms with Gasteiger partial charge < -0.3 is 9.47 Å². The highest BCUT2D eigenvalue weighted by atomic mass is 32.2. The molecule has 0 aliphatic carbocycles. The second-order valence-electron chi connectivity index (χ2n) is 5.85. The first-order valence-corrected chi connectivity index (χ1v) is 9.74. The highest BCUT2D eigenvalue weighted by molar-refractivity contribution is 7.99. The van der Waals surface area contributed by atoms with Gasteiger partial charge in [-0.2, -0.15) is 10.5 Å². The zero-order valence-electron chi connectivity index (χ0n) is 15.6. The Kier molecular flexibility index (Phi) is 7.84. The van der Waals surface area contributed by atoms with E-state index in [1.807, 2.05) is 54.8 Å². The summed E-state index contributed by atoms with van der Waals surface area (Å²) in [5, 5.41) is 26.8. The minimum absolute atomic E-state index is 0.103. The Balaban J connectivity index is 2.11.